The number of rotatable bonds is 1. The van der Waals surface area contributed by atoms with Gasteiger partial charge in [0.25, 0.3) is 0 Å². The Bertz CT molecular complexity index is 415. The summed E-state index contributed by atoms with van der Waals surface area (Å²) in [4.78, 5) is 17.8. The number of nitrogen functional groups attached to an aromatic ring is 1. The van der Waals surface area contributed by atoms with Gasteiger partial charge >= 0.3 is 0 Å². The molecule has 4 nitrogen and oxygen atoms in total. The smallest absolute Gasteiger partial charge is 0.163 e. The van der Waals surface area contributed by atoms with Crippen molar-refractivity contribution < 1.29 is 4.79 Å². The van der Waals surface area contributed by atoms with Gasteiger partial charge in [-0.2, -0.15) is 0 Å². The average molecular weight is 205 g/mol. The molecule has 0 atom stereocenters. The number of aromatic nitrogens is 1. The van der Waals surface area contributed by atoms with Crippen molar-refractivity contribution in [3.05, 3.63) is 22.9 Å². The van der Waals surface area contributed by atoms with E-state index in [1.807, 2.05) is 6.07 Å². The van der Waals surface area contributed by atoms with Crippen molar-refractivity contribution >= 4 is 11.6 Å². The van der Waals surface area contributed by atoms with Crippen molar-refractivity contribution in [2.75, 3.05) is 19.3 Å². The zero-order valence-electron chi connectivity index (χ0n) is 9.08. The number of likely N-dealkylation sites (N-methyl/N-ethyl adjacent to an activating group) is 1. The number of nitrogens with two attached hydrogens (primary N) is 1. The van der Waals surface area contributed by atoms with Gasteiger partial charge in [0, 0.05) is 13.1 Å². The first-order valence-corrected chi connectivity index (χ1v) is 5.05. The normalized spacial score (nSPS) is 16.1. The largest absolute Gasteiger partial charge is 0.383 e. The average Bonchev–Trinajstić information content (AvgIpc) is 2.15. The molecule has 0 bridgehead atoms. The number of nitrogens with zero attached hydrogens (tertiary/aromatic N) is 2. The van der Waals surface area contributed by atoms with E-state index in [0.717, 1.165) is 30.8 Å². The van der Waals surface area contributed by atoms with Gasteiger partial charge in [0.2, 0.25) is 0 Å². The summed E-state index contributed by atoms with van der Waals surface area (Å²) in [5.74, 6) is 0.346. The Morgan fingerprint density at radius 2 is 2.33 bits per heavy atom. The molecule has 0 unspecified atom stereocenters. The first kappa shape index (κ1) is 10.1. The quantitative estimate of drug-likeness (QED) is 0.691. The van der Waals surface area contributed by atoms with E-state index < -0.39 is 0 Å². The molecule has 0 spiro atoms. The van der Waals surface area contributed by atoms with Crippen molar-refractivity contribution in [2.45, 2.75) is 19.9 Å². The molecule has 1 aliphatic heterocycles. The summed E-state index contributed by atoms with van der Waals surface area (Å²) in [5, 5.41) is 0. The molecule has 1 aromatic heterocycles. The van der Waals surface area contributed by atoms with E-state index >= 15 is 0 Å². The molecule has 4 heteroatoms. The molecule has 0 amide bonds. The van der Waals surface area contributed by atoms with Crippen LogP contribution >= 0.6 is 0 Å². The lowest BCUT2D eigenvalue weighted by atomic mass is 10.0. The van der Waals surface area contributed by atoms with Crippen LogP contribution in [0.25, 0.3) is 0 Å². The monoisotopic (exact) mass is 205 g/mol. The first-order chi connectivity index (χ1) is 7.08. The minimum Gasteiger partial charge on any atom is -0.383 e. The maximum Gasteiger partial charge on any atom is 0.163 e. The number of hydrogen-bond acceptors (Lipinski definition) is 4. The summed E-state index contributed by atoms with van der Waals surface area (Å²) < 4.78 is 0. The maximum atomic E-state index is 11.3. The molecule has 0 saturated heterocycles. The van der Waals surface area contributed by atoms with E-state index in [2.05, 4.69) is 16.9 Å². The Balaban J connectivity index is 2.46. The van der Waals surface area contributed by atoms with Gasteiger partial charge in [0.15, 0.2) is 5.78 Å². The molecule has 0 saturated carbocycles. The molecule has 0 aliphatic carbocycles. The molecule has 2 heterocycles. The number of anilines is 1. The first-order valence-electron chi connectivity index (χ1n) is 5.05. The van der Waals surface area contributed by atoms with E-state index in [4.69, 9.17) is 5.73 Å². The van der Waals surface area contributed by atoms with Crippen LogP contribution in [0.4, 0.5) is 5.82 Å². The summed E-state index contributed by atoms with van der Waals surface area (Å²) in [6, 6.07) is 1.90. The Morgan fingerprint density at radius 1 is 1.60 bits per heavy atom. The summed E-state index contributed by atoms with van der Waals surface area (Å²) in [6.45, 7) is 3.35. The number of carbonyl (C=O) groups excluding carboxylic acids is 1. The second-order valence-corrected chi connectivity index (χ2v) is 4.07. The Labute approximate surface area is 89.1 Å². The summed E-state index contributed by atoms with van der Waals surface area (Å²) in [7, 11) is 2.06. The van der Waals surface area contributed by atoms with Crippen LogP contribution in [-0.4, -0.2) is 29.3 Å². The Kier molecular flexibility index (Phi) is 2.44. The topological polar surface area (TPSA) is 59.2 Å². The summed E-state index contributed by atoms with van der Waals surface area (Å²) in [6.07, 6.45) is 0.944. The zero-order valence-corrected chi connectivity index (χ0v) is 9.08. The van der Waals surface area contributed by atoms with Crippen molar-refractivity contribution in [1.82, 2.24) is 9.88 Å². The van der Waals surface area contributed by atoms with Crippen molar-refractivity contribution in [2.24, 2.45) is 0 Å². The molecule has 15 heavy (non-hydrogen) atoms. The molecule has 1 aliphatic rings. The van der Waals surface area contributed by atoms with Crippen molar-refractivity contribution in [3.63, 3.8) is 0 Å². The third-order valence-corrected chi connectivity index (χ3v) is 2.78. The number of Topliss-reactive ketones (excluding diaryl/α,β-unsaturated/α-hetero) is 1. The molecule has 0 radical (unpaired) electrons. The summed E-state index contributed by atoms with van der Waals surface area (Å²) >= 11 is 0. The second-order valence-electron chi connectivity index (χ2n) is 4.07. The number of ketones is 1. The lowest BCUT2D eigenvalue weighted by Gasteiger charge is -2.24. The molecule has 2 rings (SSSR count). The molecule has 2 N–H and O–H groups in total. The van der Waals surface area contributed by atoms with Gasteiger partial charge < -0.3 is 10.6 Å². The van der Waals surface area contributed by atoms with Gasteiger partial charge in [-0.3, -0.25) is 4.79 Å². The Morgan fingerprint density at radius 3 is 3.00 bits per heavy atom. The third kappa shape index (κ3) is 1.85. The third-order valence-electron chi connectivity index (χ3n) is 2.78. The fraction of sp³-hybridized carbons (Fsp3) is 0.455. The fourth-order valence-electron chi connectivity index (χ4n) is 1.89. The van der Waals surface area contributed by atoms with Crippen LogP contribution in [-0.2, 0) is 13.0 Å². The van der Waals surface area contributed by atoms with Gasteiger partial charge in [-0.25, -0.2) is 4.98 Å². The number of carbonyl (C=O) groups is 1. The van der Waals surface area contributed by atoms with Gasteiger partial charge in [0.1, 0.15) is 5.82 Å². The highest BCUT2D eigenvalue weighted by atomic mass is 16.1. The van der Waals surface area contributed by atoms with E-state index in [-0.39, 0.29) is 5.78 Å². The zero-order chi connectivity index (χ0) is 11.0. The van der Waals surface area contributed by atoms with Gasteiger partial charge in [-0.05, 0) is 32.0 Å². The van der Waals surface area contributed by atoms with Crippen molar-refractivity contribution in [3.8, 4) is 0 Å². The van der Waals surface area contributed by atoms with Gasteiger partial charge in [-0.15, -0.1) is 0 Å². The number of hydrogen-bond donors (Lipinski definition) is 1. The lowest BCUT2D eigenvalue weighted by Crippen LogP contribution is -2.28. The standard InChI is InChI=1S/C11H15N3O/c1-7(15)9-5-8-3-4-14(2)6-10(8)13-11(9)12/h5H,3-4,6H2,1-2H3,(H2,12,13). The minimum absolute atomic E-state index is 0.0123. The predicted molar refractivity (Wildman–Crippen MR) is 58.7 cm³/mol. The van der Waals surface area contributed by atoms with Crippen LogP contribution < -0.4 is 5.73 Å². The van der Waals surface area contributed by atoms with Gasteiger partial charge in [-0.1, -0.05) is 0 Å². The summed E-state index contributed by atoms with van der Waals surface area (Å²) in [5.41, 5.74) is 8.46. The van der Waals surface area contributed by atoms with Crippen LogP contribution in [0, 0.1) is 0 Å². The highest BCUT2D eigenvalue weighted by Gasteiger charge is 2.17. The molecular formula is C11H15N3O. The van der Waals surface area contributed by atoms with Gasteiger partial charge in [0.05, 0.1) is 11.3 Å². The minimum atomic E-state index is -0.0123. The highest BCUT2D eigenvalue weighted by Crippen LogP contribution is 2.21. The van der Waals surface area contributed by atoms with Crippen LogP contribution in [0.3, 0.4) is 0 Å². The SMILES string of the molecule is CC(=O)c1cc2c(nc1N)CN(C)CC2. The van der Waals surface area contributed by atoms with Crippen LogP contribution in [0.5, 0.6) is 0 Å². The molecule has 80 valence electrons. The predicted octanol–water partition coefficient (Wildman–Crippen LogP) is 0.854. The highest BCUT2D eigenvalue weighted by molar-refractivity contribution is 5.98. The number of fused-ring (bicyclic) bond motifs is 1. The molecule has 0 aromatic carbocycles. The van der Waals surface area contributed by atoms with Crippen LogP contribution in [0.2, 0.25) is 0 Å². The van der Waals surface area contributed by atoms with E-state index in [1.54, 1.807) is 0 Å². The number of pyridine rings is 1. The van der Waals surface area contributed by atoms with Crippen LogP contribution in [0.1, 0.15) is 28.5 Å². The van der Waals surface area contributed by atoms with E-state index in [1.165, 1.54) is 6.92 Å². The van der Waals surface area contributed by atoms with Crippen LogP contribution in [0.15, 0.2) is 6.07 Å². The van der Waals surface area contributed by atoms with E-state index in [9.17, 15) is 4.79 Å². The lowest BCUT2D eigenvalue weighted by molar-refractivity contribution is 0.101. The fourth-order valence-corrected chi connectivity index (χ4v) is 1.89. The Hall–Kier alpha value is -1.42. The maximum absolute atomic E-state index is 11.3. The molecule has 1 aromatic rings. The molecule has 0 fully saturated rings. The second kappa shape index (κ2) is 3.62. The van der Waals surface area contributed by atoms with Crippen molar-refractivity contribution in [1.29, 1.82) is 0 Å². The van der Waals surface area contributed by atoms with E-state index in [0.29, 0.717) is 11.4 Å². The molecular weight excluding hydrogens is 190 g/mol.